The maximum atomic E-state index is 11.0. The lowest BCUT2D eigenvalue weighted by Gasteiger charge is -2.35. The SMILES string of the molecule is O=C(O)c1cc(Cl)nc(NC2CCN3CCCC3C2)c1. The van der Waals surface area contributed by atoms with Gasteiger partial charge in [-0.1, -0.05) is 11.6 Å². The molecular formula is C14H18ClN3O2. The zero-order chi connectivity index (χ0) is 14.1. The summed E-state index contributed by atoms with van der Waals surface area (Å²) in [5, 5.41) is 12.6. The number of nitrogens with one attached hydrogen (secondary N) is 1. The standard InChI is InChI=1S/C14H18ClN3O2/c15-12-6-9(14(19)20)7-13(17-12)16-10-3-5-18-4-1-2-11(18)8-10/h6-7,10-11H,1-5,8H2,(H,16,17)(H,19,20). The first kappa shape index (κ1) is 13.6. The van der Waals surface area contributed by atoms with Gasteiger partial charge >= 0.3 is 5.97 Å². The Bertz CT molecular complexity index is 523. The molecule has 0 radical (unpaired) electrons. The van der Waals surface area contributed by atoms with Crippen molar-refractivity contribution in [3.8, 4) is 0 Å². The Labute approximate surface area is 122 Å². The number of nitrogens with zero attached hydrogens (tertiary/aromatic N) is 2. The molecule has 6 heteroatoms. The van der Waals surface area contributed by atoms with Gasteiger partial charge in [-0.15, -0.1) is 0 Å². The summed E-state index contributed by atoms with van der Waals surface area (Å²) in [6, 6.07) is 3.94. The van der Waals surface area contributed by atoms with E-state index in [0.717, 1.165) is 19.4 Å². The van der Waals surface area contributed by atoms with E-state index in [2.05, 4.69) is 15.2 Å². The normalized spacial score (nSPS) is 26.2. The summed E-state index contributed by atoms with van der Waals surface area (Å²) in [5.41, 5.74) is 0.172. The number of aromatic nitrogens is 1. The van der Waals surface area contributed by atoms with Crippen LogP contribution in [0.1, 0.15) is 36.0 Å². The van der Waals surface area contributed by atoms with Crippen LogP contribution in [0, 0.1) is 0 Å². The summed E-state index contributed by atoms with van der Waals surface area (Å²) in [7, 11) is 0. The highest BCUT2D eigenvalue weighted by Gasteiger charge is 2.31. The van der Waals surface area contributed by atoms with E-state index in [1.54, 1.807) is 6.07 Å². The number of halogens is 1. The van der Waals surface area contributed by atoms with Gasteiger partial charge < -0.3 is 15.3 Å². The Morgan fingerprint density at radius 1 is 1.40 bits per heavy atom. The minimum Gasteiger partial charge on any atom is -0.478 e. The van der Waals surface area contributed by atoms with Crippen LogP contribution in [0.4, 0.5) is 5.82 Å². The third-order valence-electron chi connectivity index (χ3n) is 4.21. The van der Waals surface area contributed by atoms with Crippen LogP contribution in [-0.4, -0.2) is 46.1 Å². The number of carbonyl (C=O) groups is 1. The van der Waals surface area contributed by atoms with Crippen molar-refractivity contribution >= 4 is 23.4 Å². The van der Waals surface area contributed by atoms with E-state index in [0.29, 0.717) is 17.9 Å². The Morgan fingerprint density at radius 3 is 3.05 bits per heavy atom. The number of rotatable bonds is 3. The molecule has 0 saturated carbocycles. The summed E-state index contributed by atoms with van der Waals surface area (Å²) in [4.78, 5) is 17.7. The molecule has 108 valence electrons. The number of aromatic carboxylic acids is 1. The van der Waals surface area contributed by atoms with Gasteiger partial charge in [-0.2, -0.15) is 0 Å². The Kier molecular flexibility index (Phi) is 3.81. The second kappa shape index (κ2) is 5.58. The van der Waals surface area contributed by atoms with Crippen molar-refractivity contribution in [2.75, 3.05) is 18.4 Å². The molecule has 1 aromatic heterocycles. The quantitative estimate of drug-likeness (QED) is 0.839. The fourth-order valence-corrected chi connectivity index (χ4v) is 3.47. The van der Waals surface area contributed by atoms with E-state index < -0.39 is 5.97 Å². The Hall–Kier alpha value is -1.33. The van der Waals surface area contributed by atoms with Crippen molar-refractivity contribution in [1.29, 1.82) is 0 Å². The van der Waals surface area contributed by atoms with Crippen LogP contribution in [-0.2, 0) is 0 Å². The molecular weight excluding hydrogens is 278 g/mol. The molecule has 0 amide bonds. The van der Waals surface area contributed by atoms with E-state index in [9.17, 15) is 4.79 Å². The first-order chi connectivity index (χ1) is 9.61. The second-order valence-electron chi connectivity index (χ2n) is 5.57. The first-order valence-electron chi connectivity index (χ1n) is 7.03. The molecule has 2 saturated heterocycles. The van der Waals surface area contributed by atoms with Crippen LogP contribution in [0.15, 0.2) is 12.1 Å². The minimum atomic E-state index is -0.983. The smallest absolute Gasteiger partial charge is 0.335 e. The monoisotopic (exact) mass is 295 g/mol. The van der Waals surface area contributed by atoms with Crippen molar-refractivity contribution in [2.45, 2.75) is 37.8 Å². The summed E-state index contributed by atoms with van der Waals surface area (Å²) < 4.78 is 0. The number of anilines is 1. The van der Waals surface area contributed by atoms with Gasteiger partial charge in [-0.25, -0.2) is 9.78 Å². The van der Waals surface area contributed by atoms with Gasteiger partial charge in [-0.05, 0) is 44.4 Å². The van der Waals surface area contributed by atoms with Crippen LogP contribution in [0.3, 0.4) is 0 Å². The molecule has 0 bridgehead atoms. The number of carboxylic acids is 1. The molecule has 2 atom stereocenters. The minimum absolute atomic E-state index is 0.172. The van der Waals surface area contributed by atoms with Crippen molar-refractivity contribution in [2.24, 2.45) is 0 Å². The Balaban J connectivity index is 1.70. The van der Waals surface area contributed by atoms with Gasteiger partial charge in [0, 0.05) is 18.6 Å². The fourth-order valence-electron chi connectivity index (χ4n) is 3.26. The number of fused-ring (bicyclic) bond motifs is 1. The lowest BCUT2D eigenvalue weighted by molar-refractivity contribution is 0.0697. The number of hydrogen-bond acceptors (Lipinski definition) is 4. The Morgan fingerprint density at radius 2 is 2.25 bits per heavy atom. The topological polar surface area (TPSA) is 65.5 Å². The van der Waals surface area contributed by atoms with Crippen molar-refractivity contribution in [1.82, 2.24) is 9.88 Å². The number of pyridine rings is 1. The maximum absolute atomic E-state index is 11.0. The van der Waals surface area contributed by atoms with Gasteiger partial charge in [0.1, 0.15) is 11.0 Å². The highest BCUT2D eigenvalue weighted by atomic mass is 35.5. The van der Waals surface area contributed by atoms with Gasteiger partial charge in [0.05, 0.1) is 5.56 Å². The van der Waals surface area contributed by atoms with E-state index in [4.69, 9.17) is 16.7 Å². The summed E-state index contributed by atoms with van der Waals surface area (Å²) in [5.74, 6) is -0.422. The zero-order valence-electron chi connectivity index (χ0n) is 11.2. The third-order valence-corrected chi connectivity index (χ3v) is 4.41. The number of carboxylic acid groups (broad SMARTS) is 1. The van der Waals surface area contributed by atoms with Crippen molar-refractivity contribution in [3.05, 3.63) is 22.8 Å². The lowest BCUT2D eigenvalue weighted by atomic mass is 9.97. The molecule has 2 N–H and O–H groups in total. The molecule has 5 nitrogen and oxygen atoms in total. The van der Waals surface area contributed by atoms with E-state index >= 15 is 0 Å². The van der Waals surface area contributed by atoms with Crippen molar-refractivity contribution in [3.63, 3.8) is 0 Å². The predicted octanol–water partition coefficient (Wildman–Crippen LogP) is 2.47. The van der Waals surface area contributed by atoms with Crippen molar-refractivity contribution < 1.29 is 9.90 Å². The molecule has 2 aliphatic heterocycles. The molecule has 20 heavy (non-hydrogen) atoms. The molecule has 3 rings (SSSR count). The molecule has 1 aromatic rings. The molecule has 0 aliphatic carbocycles. The molecule has 0 aromatic carbocycles. The summed E-state index contributed by atoms with van der Waals surface area (Å²) in [6.45, 7) is 2.32. The zero-order valence-corrected chi connectivity index (χ0v) is 11.9. The third kappa shape index (κ3) is 2.88. The molecule has 3 heterocycles. The first-order valence-corrected chi connectivity index (χ1v) is 7.41. The average molecular weight is 296 g/mol. The predicted molar refractivity (Wildman–Crippen MR) is 77.4 cm³/mol. The van der Waals surface area contributed by atoms with Crippen LogP contribution < -0.4 is 5.32 Å². The summed E-state index contributed by atoms with van der Waals surface area (Å²) >= 11 is 5.88. The fraction of sp³-hybridized carbons (Fsp3) is 0.571. The van der Waals surface area contributed by atoms with Gasteiger partial charge in [0.15, 0.2) is 0 Å². The lowest BCUT2D eigenvalue weighted by Crippen LogP contribution is -2.42. The number of piperidine rings is 1. The molecule has 2 unspecified atom stereocenters. The second-order valence-corrected chi connectivity index (χ2v) is 5.95. The van der Waals surface area contributed by atoms with E-state index in [1.165, 1.54) is 25.5 Å². The highest BCUT2D eigenvalue weighted by molar-refractivity contribution is 6.29. The van der Waals surface area contributed by atoms with E-state index in [-0.39, 0.29) is 10.7 Å². The van der Waals surface area contributed by atoms with Crippen LogP contribution in [0.5, 0.6) is 0 Å². The molecule has 2 aliphatic rings. The molecule has 2 fully saturated rings. The summed E-state index contributed by atoms with van der Waals surface area (Å²) in [6.07, 6.45) is 4.71. The van der Waals surface area contributed by atoms with Crippen LogP contribution in [0.25, 0.3) is 0 Å². The van der Waals surface area contributed by atoms with Gasteiger partial charge in [0.25, 0.3) is 0 Å². The van der Waals surface area contributed by atoms with Gasteiger partial charge in [0.2, 0.25) is 0 Å². The average Bonchev–Trinajstić information content (AvgIpc) is 2.85. The van der Waals surface area contributed by atoms with E-state index in [1.807, 2.05) is 0 Å². The number of hydrogen-bond donors (Lipinski definition) is 2. The maximum Gasteiger partial charge on any atom is 0.335 e. The molecule has 0 spiro atoms. The van der Waals surface area contributed by atoms with Crippen LogP contribution in [0.2, 0.25) is 5.15 Å². The highest BCUT2D eigenvalue weighted by Crippen LogP contribution is 2.28. The van der Waals surface area contributed by atoms with Crippen LogP contribution >= 0.6 is 11.6 Å². The largest absolute Gasteiger partial charge is 0.478 e. The van der Waals surface area contributed by atoms with Gasteiger partial charge in [-0.3, -0.25) is 0 Å².